The topological polar surface area (TPSA) is 71.7 Å². The normalized spacial score (nSPS) is 19.5. The lowest BCUT2D eigenvalue weighted by molar-refractivity contribution is -0.135. The molecule has 1 aromatic heterocycles. The highest BCUT2D eigenvalue weighted by molar-refractivity contribution is 6.35. The van der Waals surface area contributed by atoms with E-state index in [2.05, 4.69) is 27.1 Å². The second-order valence-corrected chi connectivity index (χ2v) is 9.92. The van der Waals surface area contributed by atoms with Crippen molar-refractivity contribution in [2.75, 3.05) is 46.3 Å². The van der Waals surface area contributed by atoms with Crippen LogP contribution in [0.1, 0.15) is 36.2 Å². The van der Waals surface area contributed by atoms with Crippen molar-refractivity contribution in [1.29, 1.82) is 0 Å². The Bertz CT molecular complexity index is 1230. The van der Waals surface area contributed by atoms with Gasteiger partial charge in [-0.1, -0.05) is 48.0 Å². The minimum absolute atomic E-state index is 0.0798. The van der Waals surface area contributed by atoms with Gasteiger partial charge < -0.3 is 20.1 Å². The maximum absolute atomic E-state index is 13.7. The lowest BCUT2D eigenvalue weighted by atomic mass is 9.99. The first-order chi connectivity index (χ1) is 17.4. The minimum atomic E-state index is -0.770. The molecule has 2 amide bonds. The molecule has 5 rings (SSSR count). The summed E-state index contributed by atoms with van der Waals surface area (Å²) in [6.07, 6.45) is 2.01. The van der Waals surface area contributed by atoms with E-state index in [1.807, 2.05) is 35.2 Å². The first kappa shape index (κ1) is 22.6. The van der Waals surface area contributed by atoms with Gasteiger partial charge >= 0.3 is 0 Å². The quantitative estimate of drug-likeness (QED) is 0.569. The zero-order chi connectivity index (χ0) is 25.2. The number of halogens is 1. The van der Waals surface area contributed by atoms with Crippen LogP contribution in [0.15, 0.2) is 54.7 Å². The SMILES string of the molecule is [2H]c1[nH]c2cc(C(=O)NC(C(=O)N3CCC(N4CCN(C)CC4)CC3)c3ccccc3)ccc2c1Cl. The van der Waals surface area contributed by atoms with Crippen molar-refractivity contribution < 1.29 is 11.0 Å². The van der Waals surface area contributed by atoms with Gasteiger partial charge in [0, 0.05) is 67.9 Å². The second-order valence-electron chi connectivity index (χ2n) is 9.54. The maximum Gasteiger partial charge on any atom is 0.252 e. The zero-order valence-electron chi connectivity index (χ0n) is 21.0. The Kier molecular flexibility index (Phi) is 6.71. The molecule has 3 aromatic rings. The summed E-state index contributed by atoms with van der Waals surface area (Å²) >= 11 is 6.16. The predicted molar refractivity (Wildman–Crippen MR) is 139 cm³/mol. The van der Waals surface area contributed by atoms with E-state index in [-0.39, 0.29) is 18.0 Å². The molecule has 7 nitrogen and oxygen atoms in total. The Hall–Kier alpha value is -2.87. The van der Waals surface area contributed by atoms with Crippen LogP contribution < -0.4 is 5.32 Å². The van der Waals surface area contributed by atoms with E-state index < -0.39 is 6.04 Å². The number of carbonyl (C=O) groups excluding carboxylic acids is 2. The molecule has 2 N–H and O–H groups in total. The van der Waals surface area contributed by atoms with Crippen molar-refractivity contribution in [3.8, 4) is 0 Å². The summed E-state index contributed by atoms with van der Waals surface area (Å²) in [6, 6.07) is 14.2. The third-order valence-corrected chi connectivity index (χ3v) is 7.61. The fourth-order valence-corrected chi connectivity index (χ4v) is 5.35. The highest BCUT2D eigenvalue weighted by Crippen LogP contribution is 2.25. The van der Waals surface area contributed by atoms with Crippen molar-refractivity contribution in [3.05, 3.63) is 70.9 Å². The molecular formula is C27H32ClN5O2. The van der Waals surface area contributed by atoms with Crippen LogP contribution in [-0.4, -0.2) is 83.9 Å². The summed E-state index contributed by atoms with van der Waals surface area (Å²) in [6.45, 7) is 5.71. The molecular weight excluding hydrogens is 462 g/mol. The van der Waals surface area contributed by atoms with Crippen molar-refractivity contribution in [3.63, 3.8) is 0 Å². The van der Waals surface area contributed by atoms with Gasteiger partial charge in [-0.2, -0.15) is 0 Å². The first-order valence-electron chi connectivity index (χ1n) is 12.8. The number of aromatic amines is 1. The highest BCUT2D eigenvalue weighted by atomic mass is 35.5. The Balaban J connectivity index is 1.30. The molecule has 0 spiro atoms. The molecule has 2 aliphatic heterocycles. The van der Waals surface area contributed by atoms with Crippen molar-refractivity contribution in [2.45, 2.75) is 24.9 Å². The molecule has 0 bridgehead atoms. The van der Waals surface area contributed by atoms with Gasteiger partial charge in [0.2, 0.25) is 5.91 Å². The minimum Gasteiger partial charge on any atom is -0.360 e. The third-order valence-electron chi connectivity index (χ3n) is 7.31. The molecule has 1 atom stereocenters. The molecule has 184 valence electrons. The number of rotatable bonds is 5. The summed E-state index contributed by atoms with van der Waals surface area (Å²) in [5.74, 6) is -0.424. The zero-order valence-corrected chi connectivity index (χ0v) is 20.7. The second kappa shape index (κ2) is 10.4. The summed E-state index contributed by atoms with van der Waals surface area (Å²) < 4.78 is 7.87. The number of piperidine rings is 1. The molecule has 2 fully saturated rings. The average molecular weight is 495 g/mol. The molecule has 0 saturated carbocycles. The van der Waals surface area contributed by atoms with E-state index in [1.165, 1.54) is 0 Å². The average Bonchev–Trinajstić information content (AvgIpc) is 3.20. The fourth-order valence-electron chi connectivity index (χ4n) is 5.14. The molecule has 3 heterocycles. The number of nitrogens with zero attached hydrogens (tertiary/aromatic N) is 3. The number of amides is 2. The fraction of sp³-hybridized carbons (Fsp3) is 0.407. The molecule has 35 heavy (non-hydrogen) atoms. The Morgan fingerprint density at radius 1 is 1.06 bits per heavy atom. The van der Waals surface area contributed by atoms with E-state index >= 15 is 0 Å². The van der Waals surface area contributed by atoms with Crippen LogP contribution in [0.4, 0.5) is 0 Å². The van der Waals surface area contributed by atoms with Crippen LogP contribution in [0.5, 0.6) is 0 Å². The van der Waals surface area contributed by atoms with Crippen molar-refractivity contribution >= 4 is 34.3 Å². The smallest absolute Gasteiger partial charge is 0.252 e. The Labute approximate surface area is 212 Å². The number of hydrogen-bond donors (Lipinski definition) is 2. The van der Waals surface area contributed by atoms with Crippen LogP contribution in [0.3, 0.4) is 0 Å². The lowest BCUT2D eigenvalue weighted by Gasteiger charge is -2.42. The number of nitrogens with one attached hydrogen (secondary N) is 2. The van der Waals surface area contributed by atoms with Crippen LogP contribution >= 0.6 is 11.6 Å². The maximum atomic E-state index is 13.7. The highest BCUT2D eigenvalue weighted by Gasteiger charge is 2.33. The van der Waals surface area contributed by atoms with E-state index in [9.17, 15) is 9.59 Å². The van der Waals surface area contributed by atoms with Crippen LogP contribution in [0.2, 0.25) is 5.02 Å². The largest absolute Gasteiger partial charge is 0.360 e. The van der Waals surface area contributed by atoms with E-state index in [0.29, 0.717) is 40.6 Å². The van der Waals surface area contributed by atoms with Gasteiger partial charge in [-0.05, 0) is 37.6 Å². The van der Waals surface area contributed by atoms with Gasteiger partial charge in [-0.25, -0.2) is 0 Å². The van der Waals surface area contributed by atoms with E-state index in [1.54, 1.807) is 18.2 Å². The number of likely N-dealkylation sites (N-methyl/N-ethyl adjacent to an activating group) is 1. The number of aromatic nitrogens is 1. The van der Waals surface area contributed by atoms with Crippen LogP contribution in [0.25, 0.3) is 10.9 Å². The summed E-state index contributed by atoms with van der Waals surface area (Å²) in [7, 11) is 2.16. The summed E-state index contributed by atoms with van der Waals surface area (Å²) in [5.41, 5.74) is 1.78. The van der Waals surface area contributed by atoms with Gasteiger partial charge in [0.1, 0.15) is 6.04 Å². The summed E-state index contributed by atoms with van der Waals surface area (Å²) in [5, 5.41) is 3.99. The predicted octanol–water partition coefficient (Wildman–Crippen LogP) is 3.53. The Morgan fingerprint density at radius 3 is 2.49 bits per heavy atom. The number of hydrogen-bond acceptors (Lipinski definition) is 4. The summed E-state index contributed by atoms with van der Waals surface area (Å²) in [4.78, 5) is 36.6. The van der Waals surface area contributed by atoms with Gasteiger partial charge in [-0.15, -0.1) is 0 Å². The first-order valence-corrected chi connectivity index (χ1v) is 12.6. The molecule has 2 saturated heterocycles. The van der Waals surface area contributed by atoms with Gasteiger partial charge in [0.15, 0.2) is 0 Å². The van der Waals surface area contributed by atoms with Crippen LogP contribution in [0, 0.1) is 0 Å². The number of likely N-dealkylation sites (tertiary alicyclic amines) is 1. The number of fused-ring (bicyclic) bond motifs is 1. The molecule has 0 aliphatic carbocycles. The van der Waals surface area contributed by atoms with Gasteiger partial charge in [-0.3, -0.25) is 14.5 Å². The monoisotopic (exact) mass is 494 g/mol. The third kappa shape index (κ3) is 5.22. The van der Waals surface area contributed by atoms with Crippen molar-refractivity contribution in [1.82, 2.24) is 25.0 Å². The Morgan fingerprint density at radius 2 is 1.77 bits per heavy atom. The number of carbonyl (C=O) groups is 2. The number of benzene rings is 2. The van der Waals surface area contributed by atoms with Crippen molar-refractivity contribution in [2.24, 2.45) is 0 Å². The standard InChI is InChI=1S/C27H32ClN5O2/c1-31-13-15-32(16-14-31)21-9-11-33(12-10-21)27(35)25(19-5-3-2-4-6-19)30-26(34)20-7-8-22-23(28)18-29-24(22)17-20/h2-8,17-18,21,25,29H,9-16H2,1H3,(H,30,34)/i18D. The van der Waals surface area contributed by atoms with Crippen LogP contribution in [-0.2, 0) is 4.79 Å². The molecule has 0 radical (unpaired) electrons. The number of piperazine rings is 1. The van der Waals surface area contributed by atoms with E-state index in [0.717, 1.165) is 44.6 Å². The molecule has 2 aromatic carbocycles. The number of H-pyrrole nitrogens is 1. The molecule has 2 aliphatic rings. The van der Waals surface area contributed by atoms with Gasteiger partial charge in [0.05, 0.1) is 6.39 Å². The lowest BCUT2D eigenvalue weighted by Crippen LogP contribution is -2.54. The molecule has 1 unspecified atom stereocenters. The molecule has 8 heteroatoms. The van der Waals surface area contributed by atoms with E-state index in [4.69, 9.17) is 13.0 Å². The van der Waals surface area contributed by atoms with Gasteiger partial charge in [0.25, 0.3) is 5.91 Å².